The smallest absolute Gasteiger partial charge is 0.161 e. The molecule has 0 radical (unpaired) electrons. The fourth-order valence-electron chi connectivity index (χ4n) is 2.24. The maximum absolute atomic E-state index is 6.03. The van der Waals surface area contributed by atoms with Gasteiger partial charge in [-0.3, -0.25) is 0 Å². The SMILES string of the molecule is CCOC1C(Br)CC1Oc1ccc(CC)cc1OC. The third kappa shape index (κ3) is 3.23. The third-order valence-corrected chi connectivity index (χ3v) is 4.35. The van der Waals surface area contributed by atoms with Crippen LogP contribution in [0.4, 0.5) is 0 Å². The first-order chi connectivity index (χ1) is 9.19. The topological polar surface area (TPSA) is 27.7 Å². The van der Waals surface area contributed by atoms with Gasteiger partial charge in [0.1, 0.15) is 12.2 Å². The minimum Gasteiger partial charge on any atom is -0.493 e. The monoisotopic (exact) mass is 328 g/mol. The number of aryl methyl sites for hydroxylation is 1. The quantitative estimate of drug-likeness (QED) is 0.747. The van der Waals surface area contributed by atoms with Crippen molar-refractivity contribution in [3.05, 3.63) is 23.8 Å². The lowest BCUT2D eigenvalue weighted by molar-refractivity contribution is -0.0729. The number of rotatable bonds is 6. The molecular formula is C15H21BrO3. The molecule has 0 saturated heterocycles. The molecule has 1 aliphatic rings. The zero-order chi connectivity index (χ0) is 13.8. The van der Waals surface area contributed by atoms with E-state index < -0.39 is 0 Å². The van der Waals surface area contributed by atoms with Crippen molar-refractivity contribution in [3.8, 4) is 11.5 Å². The predicted octanol–water partition coefficient (Wildman–Crippen LogP) is 3.58. The average molecular weight is 329 g/mol. The Morgan fingerprint density at radius 3 is 2.63 bits per heavy atom. The Bertz CT molecular complexity index is 422. The molecule has 106 valence electrons. The predicted molar refractivity (Wildman–Crippen MR) is 79.5 cm³/mol. The summed E-state index contributed by atoms with van der Waals surface area (Å²) < 4.78 is 17.1. The summed E-state index contributed by atoms with van der Waals surface area (Å²) in [4.78, 5) is 0.387. The Morgan fingerprint density at radius 2 is 2.05 bits per heavy atom. The van der Waals surface area contributed by atoms with Crippen molar-refractivity contribution in [2.24, 2.45) is 0 Å². The van der Waals surface area contributed by atoms with Gasteiger partial charge in [0.15, 0.2) is 11.5 Å². The lowest BCUT2D eigenvalue weighted by Gasteiger charge is -2.40. The standard InChI is InChI=1S/C15H21BrO3/c1-4-10-6-7-12(13(8-10)17-3)19-14-9-11(16)15(14)18-5-2/h6-8,11,14-15H,4-5,9H2,1-3H3. The number of alkyl halides is 1. The molecule has 0 amide bonds. The summed E-state index contributed by atoms with van der Waals surface area (Å²) in [5.41, 5.74) is 1.25. The molecule has 19 heavy (non-hydrogen) atoms. The van der Waals surface area contributed by atoms with Crippen molar-refractivity contribution in [1.82, 2.24) is 0 Å². The Morgan fingerprint density at radius 1 is 1.26 bits per heavy atom. The van der Waals surface area contributed by atoms with Gasteiger partial charge in [-0.15, -0.1) is 0 Å². The van der Waals surface area contributed by atoms with Gasteiger partial charge in [-0.05, 0) is 31.0 Å². The molecule has 0 spiro atoms. The van der Waals surface area contributed by atoms with Crippen LogP contribution in [0.25, 0.3) is 0 Å². The number of hydrogen-bond acceptors (Lipinski definition) is 3. The van der Waals surface area contributed by atoms with E-state index in [1.54, 1.807) is 7.11 Å². The van der Waals surface area contributed by atoms with Crippen molar-refractivity contribution >= 4 is 15.9 Å². The molecule has 1 fully saturated rings. The number of methoxy groups -OCH3 is 1. The second kappa shape index (κ2) is 6.62. The minimum absolute atomic E-state index is 0.103. The Labute approximate surface area is 123 Å². The Balaban J connectivity index is 2.06. The third-order valence-electron chi connectivity index (χ3n) is 3.45. The van der Waals surface area contributed by atoms with E-state index in [2.05, 4.69) is 28.9 Å². The van der Waals surface area contributed by atoms with Crippen molar-refractivity contribution in [2.75, 3.05) is 13.7 Å². The van der Waals surface area contributed by atoms with Gasteiger partial charge in [0.2, 0.25) is 0 Å². The summed E-state index contributed by atoms with van der Waals surface area (Å²) >= 11 is 3.60. The average Bonchev–Trinajstić information content (AvgIpc) is 2.44. The van der Waals surface area contributed by atoms with Crippen LogP contribution in [-0.4, -0.2) is 30.8 Å². The summed E-state index contributed by atoms with van der Waals surface area (Å²) in [5.74, 6) is 1.60. The van der Waals surface area contributed by atoms with Gasteiger partial charge < -0.3 is 14.2 Å². The summed E-state index contributed by atoms with van der Waals surface area (Å²) in [6, 6.07) is 6.11. The van der Waals surface area contributed by atoms with E-state index >= 15 is 0 Å². The lowest BCUT2D eigenvalue weighted by atomic mass is 9.91. The van der Waals surface area contributed by atoms with E-state index in [9.17, 15) is 0 Å². The fourth-order valence-corrected chi connectivity index (χ4v) is 3.10. The van der Waals surface area contributed by atoms with Gasteiger partial charge in [0.25, 0.3) is 0 Å². The van der Waals surface area contributed by atoms with Crippen LogP contribution in [0, 0.1) is 0 Å². The molecular weight excluding hydrogens is 308 g/mol. The minimum atomic E-state index is 0.103. The number of hydrogen-bond donors (Lipinski definition) is 0. The van der Waals surface area contributed by atoms with Crippen molar-refractivity contribution in [2.45, 2.75) is 43.7 Å². The number of benzene rings is 1. The summed E-state index contributed by atoms with van der Waals surface area (Å²) in [6.45, 7) is 4.84. The largest absolute Gasteiger partial charge is 0.493 e. The number of halogens is 1. The zero-order valence-corrected chi connectivity index (χ0v) is 13.3. The molecule has 4 heteroatoms. The van der Waals surface area contributed by atoms with Gasteiger partial charge in [-0.25, -0.2) is 0 Å². The molecule has 0 aromatic heterocycles. The van der Waals surface area contributed by atoms with Crippen LogP contribution in [0.3, 0.4) is 0 Å². The van der Waals surface area contributed by atoms with Crippen LogP contribution in [-0.2, 0) is 11.2 Å². The molecule has 2 rings (SSSR count). The van der Waals surface area contributed by atoms with Crippen LogP contribution in [0.5, 0.6) is 11.5 Å². The van der Waals surface area contributed by atoms with Crippen molar-refractivity contribution in [1.29, 1.82) is 0 Å². The molecule has 0 heterocycles. The summed E-state index contributed by atoms with van der Waals surface area (Å²) in [7, 11) is 1.68. The van der Waals surface area contributed by atoms with E-state index in [-0.39, 0.29) is 12.2 Å². The number of ether oxygens (including phenoxy) is 3. The highest BCUT2D eigenvalue weighted by molar-refractivity contribution is 9.09. The highest BCUT2D eigenvalue weighted by Gasteiger charge is 2.42. The highest BCUT2D eigenvalue weighted by Crippen LogP contribution is 2.37. The summed E-state index contributed by atoms with van der Waals surface area (Å²) in [5, 5.41) is 0. The molecule has 1 aromatic rings. The molecule has 1 aromatic carbocycles. The van der Waals surface area contributed by atoms with Gasteiger partial charge in [-0.1, -0.05) is 28.9 Å². The highest BCUT2D eigenvalue weighted by atomic mass is 79.9. The molecule has 3 unspecified atom stereocenters. The normalized spacial score (nSPS) is 25.8. The lowest BCUT2D eigenvalue weighted by Crippen LogP contribution is -2.52. The molecule has 1 aliphatic carbocycles. The first-order valence-corrected chi connectivity index (χ1v) is 7.70. The molecule has 3 nitrogen and oxygen atoms in total. The Kier molecular flexibility index (Phi) is 5.11. The maximum Gasteiger partial charge on any atom is 0.161 e. The maximum atomic E-state index is 6.03. The van der Waals surface area contributed by atoms with E-state index in [1.165, 1.54) is 5.56 Å². The molecule has 3 atom stereocenters. The van der Waals surface area contributed by atoms with E-state index in [0.717, 1.165) is 24.3 Å². The first-order valence-electron chi connectivity index (χ1n) is 6.78. The summed E-state index contributed by atoms with van der Waals surface area (Å²) in [6.07, 6.45) is 2.18. The molecule has 0 bridgehead atoms. The van der Waals surface area contributed by atoms with Crippen molar-refractivity contribution in [3.63, 3.8) is 0 Å². The van der Waals surface area contributed by atoms with Crippen molar-refractivity contribution < 1.29 is 14.2 Å². The van der Waals surface area contributed by atoms with Gasteiger partial charge in [0.05, 0.1) is 7.11 Å². The molecule has 0 aliphatic heterocycles. The van der Waals surface area contributed by atoms with Crippen LogP contribution in [0.15, 0.2) is 18.2 Å². The van der Waals surface area contributed by atoms with Gasteiger partial charge in [-0.2, -0.15) is 0 Å². The van der Waals surface area contributed by atoms with Crippen LogP contribution >= 0.6 is 15.9 Å². The van der Waals surface area contributed by atoms with Crippen LogP contribution in [0.2, 0.25) is 0 Å². The van der Waals surface area contributed by atoms with Gasteiger partial charge >= 0.3 is 0 Å². The van der Waals surface area contributed by atoms with E-state index in [4.69, 9.17) is 14.2 Å². The van der Waals surface area contributed by atoms with Gasteiger partial charge in [0, 0.05) is 17.9 Å². The molecule has 0 N–H and O–H groups in total. The second-order valence-corrected chi connectivity index (χ2v) is 5.84. The van der Waals surface area contributed by atoms with E-state index in [1.807, 2.05) is 19.1 Å². The fraction of sp³-hybridized carbons (Fsp3) is 0.600. The van der Waals surface area contributed by atoms with Crippen LogP contribution < -0.4 is 9.47 Å². The Hall–Kier alpha value is -0.740. The first kappa shape index (κ1) is 14.7. The van der Waals surface area contributed by atoms with Crippen LogP contribution in [0.1, 0.15) is 25.8 Å². The molecule has 1 saturated carbocycles. The second-order valence-electron chi connectivity index (χ2n) is 4.67. The zero-order valence-electron chi connectivity index (χ0n) is 11.7. The van der Waals surface area contributed by atoms with E-state index in [0.29, 0.717) is 11.4 Å².